The standard InChI is InChI=1S/C19H32O/c1-8-9-10-11-19(6,7)16-13-15(18(3,4)5)14(2)12-17(16)20/h12-13,20H,8-11H2,1-7H3. The van der Waals surface area contributed by atoms with E-state index in [9.17, 15) is 5.11 Å². The summed E-state index contributed by atoms with van der Waals surface area (Å²) < 4.78 is 0. The quantitative estimate of drug-likeness (QED) is 0.668. The molecule has 0 saturated carbocycles. The first-order chi connectivity index (χ1) is 9.09. The highest BCUT2D eigenvalue weighted by Gasteiger charge is 2.27. The summed E-state index contributed by atoms with van der Waals surface area (Å²) in [6.45, 7) is 15.5. The van der Waals surface area contributed by atoms with Gasteiger partial charge >= 0.3 is 0 Å². The number of phenols is 1. The monoisotopic (exact) mass is 276 g/mol. The van der Waals surface area contributed by atoms with Crippen molar-refractivity contribution in [2.75, 3.05) is 0 Å². The number of hydrogen-bond acceptors (Lipinski definition) is 1. The van der Waals surface area contributed by atoms with Gasteiger partial charge in [-0.1, -0.05) is 66.9 Å². The fourth-order valence-electron chi connectivity index (χ4n) is 2.99. The zero-order chi connectivity index (χ0) is 15.6. The Hall–Kier alpha value is -0.980. The molecule has 1 aromatic carbocycles. The van der Waals surface area contributed by atoms with E-state index < -0.39 is 0 Å². The minimum absolute atomic E-state index is 0.0347. The molecule has 1 heteroatoms. The topological polar surface area (TPSA) is 20.2 Å². The van der Waals surface area contributed by atoms with Crippen LogP contribution in [0.2, 0.25) is 0 Å². The summed E-state index contributed by atoms with van der Waals surface area (Å²) in [5, 5.41) is 10.4. The third-order valence-corrected chi connectivity index (χ3v) is 4.29. The van der Waals surface area contributed by atoms with E-state index >= 15 is 0 Å². The maximum atomic E-state index is 10.4. The summed E-state index contributed by atoms with van der Waals surface area (Å²) >= 11 is 0. The Morgan fingerprint density at radius 2 is 1.55 bits per heavy atom. The Kier molecular flexibility index (Phi) is 5.29. The van der Waals surface area contributed by atoms with Crippen molar-refractivity contribution in [1.82, 2.24) is 0 Å². The molecule has 114 valence electrons. The number of hydrogen-bond donors (Lipinski definition) is 1. The van der Waals surface area contributed by atoms with Crippen LogP contribution in [0.4, 0.5) is 0 Å². The van der Waals surface area contributed by atoms with Crippen LogP contribution in [0.3, 0.4) is 0 Å². The van der Waals surface area contributed by atoms with Crippen molar-refractivity contribution in [3.8, 4) is 5.75 Å². The molecule has 0 bridgehead atoms. The smallest absolute Gasteiger partial charge is 0.119 e. The van der Waals surface area contributed by atoms with Crippen LogP contribution < -0.4 is 0 Å². The molecule has 0 fully saturated rings. The summed E-state index contributed by atoms with van der Waals surface area (Å²) in [6, 6.07) is 4.17. The number of rotatable bonds is 5. The van der Waals surface area contributed by atoms with E-state index in [1.54, 1.807) is 0 Å². The van der Waals surface area contributed by atoms with Gasteiger partial charge in [0.15, 0.2) is 0 Å². The van der Waals surface area contributed by atoms with Crippen molar-refractivity contribution < 1.29 is 5.11 Å². The Morgan fingerprint density at radius 1 is 0.950 bits per heavy atom. The van der Waals surface area contributed by atoms with Gasteiger partial charge < -0.3 is 5.11 Å². The lowest BCUT2D eigenvalue weighted by Gasteiger charge is -2.30. The van der Waals surface area contributed by atoms with Gasteiger partial charge in [-0.15, -0.1) is 0 Å². The molecule has 0 aliphatic carbocycles. The number of benzene rings is 1. The molecule has 0 aliphatic rings. The summed E-state index contributed by atoms with van der Waals surface area (Å²) in [7, 11) is 0. The van der Waals surface area contributed by atoms with Crippen molar-refractivity contribution >= 4 is 0 Å². The number of unbranched alkanes of at least 4 members (excludes halogenated alkanes) is 2. The zero-order valence-corrected chi connectivity index (χ0v) is 14.4. The molecule has 1 nitrogen and oxygen atoms in total. The van der Waals surface area contributed by atoms with Gasteiger partial charge in [0.25, 0.3) is 0 Å². The van der Waals surface area contributed by atoms with Gasteiger partial charge in [0.1, 0.15) is 5.75 Å². The van der Waals surface area contributed by atoms with E-state index in [1.807, 2.05) is 6.07 Å². The lowest BCUT2D eigenvalue weighted by Crippen LogP contribution is -2.20. The molecular formula is C19H32O. The van der Waals surface area contributed by atoms with Crippen LogP contribution in [0.25, 0.3) is 0 Å². The molecule has 0 aliphatic heterocycles. The predicted molar refractivity (Wildman–Crippen MR) is 88.7 cm³/mol. The second-order valence-corrected chi connectivity index (χ2v) is 7.78. The van der Waals surface area contributed by atoms with Crippen molar-refractivity contribution in [2.45, 2.75) is 85.0 Å². The average Bonchev–Trinajstić information content (AvgIpc) is 2.26. The first-order valence-corrected chi connectivity index (χ1v) is 7.94. The lowest BCUT2D eigenvalue weighted by molar-refractivity contribution is 0.406. The van der Waals surface area contributed by atoms with Crippen LogP contribution >= 0.6 is 0 Å². The second-order valence-electron chi connectivity index (χ2n) is 7.78. The number of aromatic hydroxyl groups is 1. The first kappa shape index (κ1) is 17.1. The fraction of sp³-hybridized carbons (Fsp3) is 0.684. The Balaban J connectivity index is 3.17. The van der Waals surface area contributed by atoms with E-state index in [0.29, 0.717) is 5.75 Å². The highest BCUT2D eigenvalue weighted by atomic mass is 16.3. The summed E-state index contributed by atoms with van der Waals surface area (Å²) in [6.07, 6.45) is 4.86. The van der Waals surface area contributed by atoms with Gasteiger partial charge in [-0.05, 0) is 46.9 Å². The van der Waals surface area contributed by atoms with E-state index in [4.69, 9.17) is 0 Å². The first-order valence-electron chi connectivity index (χ1n) is 7.94. The molecular weight excluding hydrogens is 244 g/mol. The minimum atomic E-state index is 0.0347. The van der Waals surface area contributed by atoms with Crippen LogP contribution in [-0.2, 0) is 10.8 Å². The number of phenolic OH excluding ortho intramolecular Hbond substituents is 1. The third kappa shape index (κ3) is 4.01. The zero-order valence-electron chi connectivity index (χ0n) is 14.4. The molecule has 0 atom stereocenters. The Morgan fingerprint density at radius 3 is 2.05 bits per heavy atom. The maximum absolute atomic E-state index is 10.4. The van der Waals surface area contributed by atoms with E-state index in [-0.39, 0.29) is 10.8 Å². The van der Waals surface area contributed by atoms with Crippen molar-refractivity contribution in [2.24, 2.45) is 0 Å². The molecule has 1 N–H and O–H groups in total. The van der Waals surface area contributed by atoms with E-state index in [2.05, 4.69) is 54.5 Å². The second kappa shape index (κ2) is 6.20. The van der Waals surface area contributed by atoms with Gasteiger partial charge in [-0.3, -0.25) is 0 Å². The predicted octanol–water partition coefficient (Wildman–Crippen LogP) is 5.86. The highest BCUT2D eigenvalue weighted by Crippen LogP contribution is 2.39. The molecule has 0 unspecified atom stereocenters. The molecule has 0 radical (unpaired) electrons. The van der Waals surface area contributed by atoms with Crippen molar-refractivity contribution in [1.29, 1.82) is 0 Å². The summed E-state index contributed by atoms with van der Waals surface area (Å²) in [4.78, 5) is 0. The highest BCUT2D eigenvalue weighted by molar-refractivity contribution is 5.47. The molecule has 0 saturated heterocycles. The molecule has 1 rings (SSSR count). The molecule has 0 heterocycles. The van der Waals surface area contributed by atoms with Gasteiger partial charge in [0.05, 0.1) is 0 Å². The van der Waals surface area contributed by atoms with E-state index in [0.717, 1.165) is 12.0 Å². The molecule has 1 aromatic rings. The largest absolute Gasteiger partial charge is 0.508 e. The molecule has 0 amide bonds. The number of aryl methyl sites for hydroxylation is 1. The van der Waals surface area contributed by atoms with Gasteiger partial charge in [-0.2, -0.15) is 0 Å². The van der Waals surface area contributed by atoms with Gasteiger partial charge in [0, 0.05) is 0 Å². The minimum Gasteiger partial charge on any atom is -0.508 e. The van der Waals surface area contributed by atoms with E-state index in [1.165, 1.54) is 30.4 Å². The Labute approximate surface area is 125 Å². The van der Waals surface area contributed by atoms with Gasteiger partial charge in [0.2, 0.25) is 0 Å². The van der Waals surface area contributed by atoms with Crippen LogP contribution in [-0.4, -0.2) is 5.11 Å². The third-order valence-electron chi connectivity index (χ3n) is 4.29. The molecule has 0 spiro atoms. The van der Waals surface area contributed by atoms with Crippen LogP contribution in [0, 0.1) is 6.92 Å². The van der Waals surface area contributed by atoms with Gasteiger partial charge in [-0.25, -0.2) is 0 Å². The fourth-order valence-corrected chi connectivity index (χ4v) is 2.99. The molecule has 20 heavy (non-hydrogen) atoms. The lowest BCUT2D eigenvalue weighted by atomic mass is 9.75. The molecule has 0 aromatic heterocycles. The van der Waals surface area contributed by atoms with Crippen molar-refractivity contribution in [3.63, 3.8) is 0 Å². The van der Waals surface area contributed by atoms with Crippen LogP contribution in [0.1, 0.15) is 83.9 Å². The normalized spacial score (nSPS) is 12.8. The SMILES string of the molecule is CCCCCC(C)(C)c1cc(C(C)(C)C)c(C)cc1O. The average molecular weight is 276 g/mol. The summed E-state index contributed by atoms with van der Waals surface area (Å²) in [5.74, 6) is 0.456. The van der Waals surface area contributed by atoms with Crippen LogP contribution in [0.15, 0.2) is 12.1 Å². The maximum Gasteiger partial charge on any atom is 0.119 e. The Bertz CT molecular complexity index is 450. The van der Waals surface area contributed by atoms with Crippen LogP contribution in [0.5, 0.6) is 5.75 Å². The van der Waals surface area contributed by atoms with Crippen molar-refractivity contribution in [3.05, 3.63) is 28.8 Å². The summed E-state index contributed by atoms with van der Waals surface area (Å²) in [5.41, 5.74) is 3.78.